The number of benzene rings is 2. The van der Waals surface area contributed by atoms with Crippen molar-refractivity contribution in [2.24, 2.45) is 0 Å². The fraction of sp³-hybridized carbons (Fsp3) is 0.105. The molecule has 0 unspecified atom stereocenters. The van der Waals surface area contributed by atoms with Gasteiger partial charge in [0.1, 0.15) is 11.5 Å². The van der Waals surface area contributed by atoms with Crippen LogP contribution in [0, 0.1) is 12.7 Å². The molecule has 1 heterocycles. The zero-order valence-corrected chi connectivity index (χ0v) is 15.3. The van der Waals surface area contributed by atoms with Crippen molar-refractivity contribution in [1.29, 1.82) is 0 Å². The number of aryl methyl sites for hydroxylation is 1. The third kappa shape index (κ3) is 5.35. The van der Waals surface area contributed by atoms with Crippen LogP contribution in [0.3, 0.4) is 0 Å². The Morgan fingerprint density at radius 3 is 2.44 bits per heavy atom. The number of hydrogen-bond donors (Lipinski definition) is 3. The second-order valence-corrected chi connectivity index (χ2v) is 6.65. The van der Waals surface area contributed by atoms with Crippen molar-refractivity contribution in [1.82, 2.24) is 10.3 Å². The average Bonchev–Trinajstić information content (AvgIpc) is 3.11. The number of thiazole rings is 1. The summed E-state index contributed by atoms with van der Waals surface area (Å²) in [7, 11) is 0. The molecular formula is C19H17FN4O2S. The van der Waals surface area contributed by atoms with Crippen LogP contribution < -0.4 is 16.0 Å². The molecule has 3 aromatic rings. The third-order valence-electron chi connectivity index (χ3n) is 3.63. The summed E-state index contributed by atoms with van der Waals surface area (Å²) in [5.74, 6) is -0.702. The fourth-order valence-electron chi connectivity index (χ4n) is 2.21. The van der Waals surface area contributed by atoms with Gasteiger partial charge in [-0.15, -0.1) is 11.3 Å². The zero-order valence-electron chi connectivity index (χ0n) is 14.5. The predicted octanol–water partition coefficient (Wildman–Crippen LogP) is 4.16. The lowest BCUT2D eigenvalue weighted by molar-refractivity contribution is 0.0946. The van der Waals surface area contributed by atoms with E-state index in [0.29, 0.717) is 10.8 Å². The van der Waals surface area contributed by atoms with Crippen LogP contribution in [0.25, 0.3) is 0 Å². The molecule has 0 bridgehead atoms. The van der Waals surface area contributed by atoms with E-state index >= 15 is 0 Å². The van der Waals surface area contributed by atoms with Crippen molar-refractivity contribution in [2.45, 2.75) is 13.5 Å². The number of carbonyl (C=O) groups excluding carboxylic acids is 2. The Balaban J connectivity index is 1.52. The Bertz CT molecular complexity index is 939. The summed E-state index contributed by atoms with van der Waals surface area (Å²) in [5, 5.41) is 9.86. The van der Waals surface area contributed by atoms with E-state index < -0.39 is 6.03 Å². The van der Waals surface area contributed by atoms with Crippen LogP contribution in [0.1, 0.15) is 21.6 Å². The zero-order chi connectivity index (χ0) is 19.2. The van der Waals surface area contributed by atoms with Gasteiger partial charge in [-0.25, -0.2) is 14.2 Å². The third-order valence-corrected chi connectivity index (χ3v) is 4.39. The number of halogens is 1. The van der Waals surface area contributed by atoms with E-state index in [1.54, 1.807) is 29.6 Å². The lowest BCUT2D eigenvalue weighted by Gasteiger charge is -2.05. The van der Waals surface area contributed by atoms with Gasteiger partial charge >= 0.3 is 6.03 Å². The minimum absolute atomic E-state index is 0.202. The lowest BCUT2D eigenvalue weighted by atomic mass is 10.2. The maximum atomic E-state index is 12.9. The van der Waals surface area contributed by atoms with Gasteiger partial charge in [-0.2, -0.15) is 0 Å². The molecule has 138 valence electrons. The molecule has 0 aliphatic heterocycles. The van der Waals surface area contributed by atoms with E-state index in [1.807, 2.05) is 19.1 Å². The van der Waals surface area contributed by atoms with Crippen LogP contribution in [0.5, 0.6) is 0 Å². The summed E-state index contributed by atoms with van der Waals surface area (Å²) in [5.41, 5.74) is 2.73. The summed E-state index contributed by atoms with van der Waals surface area (Å²) in [6.07, 6.45) is 0. The Morgan fingerprint density at radius 1 is 1.04 bits per heavy atom. The van der Waals surface area contributed by atoms with Gasteiger partial charge in [-0.3, -0.25) is 10.1 Å². The lowest BCUT2D eigenvalue weighted by Crippen LogP contribution is -2.23. The Labute approximate surface area is 159 Å². The molecular weight excluding hydrogens is 367 g/mol. The molecule has 0 saturated heterocycles. The quantitative estimate of drug-likeness (QED) is 0.617. The van der Waals surface area contributed by atoms with Crippen LogP contribution in [0.2, 0.25) is 0 Å². The van der Waals surface area contributed by atoms with Crippen molar-refractivity contribution >= 4 is 34.1 Å². The molecule has 0 fully saturated rings. The van der Waals surface area contributed by atoms with E-state index in [0.717, 1.165) is 22.5 Å². The number of urea groups is 1. The Kier molecular flexibility index (Phi) is 5.77. The number of nitrogens with zero attached hydrogens (tertiary/aromatic N) is 1. The standard InChI is InChI=1S/C19H17FN4O2S/c1-12-2-8-15(9-3-12)22-18(26)24-19-23-16(11-27-19)17(25)21-10-13-4-6-14(20)7-5-13/h2-9,11H,10H2,1H3,(H,21,25)(H2,22,23,24,26). The van der Waals surface area contributed by atoms with Gasteiger partial charge in [0.25, 0.3) is 5.91 Å². The molecule has 0 radical (unpaired) electrons. The van der Waals surface area contributed by atoms with E-state index in [-0.39, 0.29) is 24.0 Å². The second kappa shape index (κ2) is 8.41. The summed E-state index contributed by atoms with van der Waals surface area (Å²) in [6, 6.07) is 12.8. The molecule has 8 heteroatoms. The highest BCUT2D eigenvalue weighted by atomic mass is 32.1. The molecule has 0 atom stereocenters. The van der Waals surface area contributed by atoms with Gasteiger partial charge in [0, 0.05) is 17.6 Å². The smallest absolute Gasteiger partial charge is 0.325 e. The van der Waals surface area contributed by atoms with E-state index in [4.69, 9.17) is 0 Å². The molecule has 3 rings (SSSR count). The van der Waals surface area contributed by atoms with Gasteiger partial charge in [0.15, 0.2) is 5.13 Å². The maximum absolute atomic E-state index is 12.9. The molecule has 27 heavy (non-hydrogen) atoms. The molecule has 1 aromatic heterocycles. The summed E-state index contributed by atoms with van der Waals surface area (Å²) in [4.78, 5) is 28.2. The number of anilines is 2. The molecule has 3 amide bonds. The fourth-order valence-corrected chi connectivity index (χ4v) is 2.89. The van der Waals surface area contributed by atoms with Crippen molar-refractivity contribution in [3.63, 3.8) is 0 Å². The van der Waals surface area contributed by atoms with E-state index in [9.17, 15) is 14.0 Å². The summed E-state index contributed by atoms with van der Waals surface area (Å²) < 4.78 is 12.9. The first-order valence-electron chi connectivity index (χ1n) is 8.12. The van der Waals surface area contributed by atoms with Crippen LogP contribution in [0.4, 0.5) is 20.0 Å². The highest BCUT2D eigenvalue weighted by molar-refractivity contribution is 7.14. The van der Waals surface area contributed by atoms with Gasteiger partial charge in [-0.1, -0.05) is 29.8 Å². The van der Waals surface area contributed by atoms with Gasteiger partial charge in [-0.05, 0) is 36.8 Å². The minimum atomic E-state index is -0.438. The number of aromatic nitrogens is 1. The first-order valence-corrected chi connectivity index (χ1v) is 9.00. The average molecular weight is 384 g/mol. The Hall–Kier alpha value is -3.26. The first kappa shape index (κ1) is 18.5. The second-order valence-electron chi connectivity index (χ2n) is 5.79. The highest BCUT2D eigenvalue weighted by Gasteiger charge is 2.12. The van der Waals surface area contributed by atoms with Crippen molar-refractivity contribution in [3.8, 4) is 0 Å². The van der Waals surface area contributed by atoms with Crippen LogP contribution >= 0.6 is 11.3 Å². The molecule has 3 N–H and O–H groups in total. The number of hydrogen-bond acceptors (Lipinski definition) is 4. The van der Waals surface area contributed by atoms with Crippen LogP contribution in [0.15, 0.2) is 53.9 Å². The molecule has 0 spiro atoms. The van der Waals surface area contributed by atoms with Gasteiger partial charge in [0.2, 0.25) is 0 Å². The van der Waals surface area contributed by atoms with Gasteiger partial charge < -0.3 is 10.6 Å². The largest absolute Gasteiger partial charge is 0.347 e. The minimum Gasteiger partial charge on any atom is -0.347 e. The summed E-state index contributed by atoms with van der Waals surface area (Å²) >= 11 is 1.15. The normalized spacial score (nSPS) is 10.3. The van der Waals surface area contributed by atoms with Crippen LogP contribution in [-0.2, 0) is 6.54 Å². The molecule has 6 nitrogen and oxygen atoms in total. The highest BCUT2D eigenvalue weighted by Crippen LogP contribution is 2.16. The molecule has 0 aliphatic rings. The monoisotopic (exact) mass is 384 g/mol. The SMILES string of the molecule is Cc1ccc(NC(=O)Nc2nc(C(=O)NCc3ccc(F)cc3)cs2)cc1. The molecule has 0 aliphatic carbocycles. The molecule has 0 saturated carbocycles. The summed E-state index contributed by atoms with van der Waals surface area (Å²) in [6.45, 7) is 2.22. The number of carbonyl (C=O) groups is 2. The topological polar surface area (TPSA) is 83.1 Å². The number of nitrogens with one attached hydrogen (secondary N) is 3. The molecule has 2 aromatic carbocycles. The predicted molar refractivity (Wildman–Crippen MR) is 104 cm³/mol. The van der Waals surface area contributed by atoms with E-state index in [1.165, 1.54) is 12.1 Å². The van der Waals surface area contributed by atoms with Crippen molar-refractivity contribution < 1.29 is 14.0 Å². The van der Waals surface area contributed by atoms with Crippen molar-refractivity contribution in [2.75, 3.05) is 10.6 Å². The van der Waals surface area contributed by atoms with E-state index in [2.05, 4.69) is 20.9 Å². The Morgan fingerprint density at radius 2 is 1.74 bits per heavy atom. The van der Waals surface area contributed by atoms with Gasteiger partial charge in [0.05, 0.1) is 0 Å². The first-order chi connectivity index (χ1) is 13.0. The van der Waals surface area contributed by atoms with Crippen LogP contribution in [-0.4, -0.2) is 16.9 Å². The number of amides is 3. The van der Waals surface area contributed by atoms with Crippen molar-refractivity contribution in [3.05, 3.63) is 76.5 Å². The maximum Gasteiger partial charge on any atom is 0.325 e. The number of rotatable bonds is 5.